The van der Waals surface area contributed by atoms with E-state index in [0.717, 1.165) is 5.56 Å². The zero-order chi connectivity index (χ0) is 27.7. The summed E-state index contributed by atoms with van der Waals surface area (Å²) in [5.74, 6) is -0.856. The molecule has 2 amide bonds. The van der Waals surface area contributed by atoms with Crippen LogP contribution in [0.2, 0.25) is 0 Å². The lowest BCUT2D eigenvalue weighted by atomic mass is 9.94. The predicted octanol–water partition coefficient (Wildman–Crippen LogP) is 3.74. The van der Waals surface area contributed by atoms with Crippen molar-refractivity contribution in [2.45, 2.75) is 26.0 Å². The van der Waals surface area contributed by atoms with Crippen LogP contribution in [-0.4, -0.2) is 62.9 Å². The van der Waals surface area contributed by atoms with Crippen molar-refractivity contribution in [2.24, 2.45) is 5.92 Å². The molecule has 0 saturated carbocycles. The van der Waals surface area contributed by atoms with E-state index in [0.29, 0.717) is 54.5 Å². The van der Waals surface area contributed by atoms with Gasteiger partial charge in [0.2, 0.25) is 0 Å². The average molecular weight is 537 g/mol. The second kappa shape index (κ2) is 10.8. The van der Waals surface area contributed by atoms with Gasteiger partial charge in [-0.15, -0.1) is 0 Å². The number of phenols is 1. The smallest absolute Gasteiger partial charge is 0.407 e. The fraction of sp³-hybridized carbons (Fsp3) is 0.296. The molecule has 3 aromatic rings. The van der Waals surface area contributed by atoms with Crippen LogP contribution in [-0.2, 0) is 6.54 Å². The van der Waals surface area contributed by atoms with Gasteiger partial charge in [-0.3, -0.25) is 4.79 Å². The molecule has 0 radical (unpaired) electrons. The summed E-state index contributed by atoms with van der Waals surface area (Å²) in [5, 5.41) is 41.7. The Labute approximate surface area is 223 Å². The number of carboxylic acid groups (broad SMARTS) is 1. The van der Waals surface area contributed by atoms with Crippen LogP contribution in [0.5, 0.6) is 5.75 Å². The van der Waals surface area contributed by atoms with E-state index in [2.05, 4.69) is 26.3 Å². The molecular weight excluding hydrogens is 507 g/mol. The van der Waals surface area contributed by atoms with Gasteiger partial charge in [-0.25, -0.2) is 14.2 Å². The second-order valence-electron chi connectivity index (χ2n) is 9.76. The van der Waals surface area contributed by atoms with Gasteiger partial charge in [0.15, 0.2) is 0 Å². The SMILES string of the molecule is Cc1cc(F)c(Nc2ccnc3c2C(=O)Nc2cc(CNC[C@@H]4CCN(C(=O)O)C[C@H]4O)ccc2N3)cc1O. The van der Waals surface area contributed by atoms with Crippen LogP contribution in [0.4, 0.5) is 37.8 Å². The standard InChI is InChI=1S/C27H29FN6O5/c1-14-8-17(28)20(10-22(14)35)31-19-4-6-30-25-24(19)26(37)33-21-9-15(2-3-18(21)32-25)11-29-12-16-5-7-34(27(38)39)13-23(16)36/h2-4,6,8-10,16,23,29,35-36H,5,7,11-13H2,1H3,(H,33,37)(H,38,39)(H2,30,31,32)/t16-,23+/m0/s1. The van der Waals surface area contributed by atoms with Crippen molar-refractivity contribution in [2.75, 3.05) is 35.6 Å². The van der Waals surface area contributed by atoms with Crippen LogP contribution in [0.25, 0.3) is 0 Å². The predicted molar refractivity (Wildman–Crippen MR) is 143 cm³/mol. The van der Waals surface area contributed by atoms with E-state index in [-0.39, 0.29) is 29.5 Å². The molecule has 2 atom stereocenters. The number of hydrogen-bond donors (Lipinski definition) is 7. The number of anilines is 5. The molecule has 11 nitrogen and oxygen atoms in total. The summed E-state index contributed by atoms with van der Waals surface area (Å²) >= 11 is 0. The monoisotopic (exact) mass is 536 g/mol. The third-order valence-corrected chi connectivity index (χ3v) is 7.05. The Morgan fingerprint density at radius 1 is 1.18 bits per heavy atom. The lowest BCUT2D eigenvalue weighted by molar-refractivity contribution is 0.0249. The molecule has 0 bridgehead atoms. The number of carbonyl (C=O) groups is 2. The number of β-amino-alcohol motifs (C(OH)–C–C–N with tert-alkyl or cyclic N) is 1. The van der Waals surface area contributed by atoms with E-state index in [4.69, 9.17) is 5.11 Å². The minimum Gasteiger partial charge on any atom is -0.508 e. The van der Waals surface area contributed by atoms with Crippen LogP contribution in [0.1, 0.15) is 27.9 Å². The number of carbonyl (C=O) groups excluding carboxylic acids is 1. The molecule has 3 heterocycles. The molecule has 2 aromatic carbocycles. The number of pyridine rings is 1. The van der Waals surface area contributed by atoms with Crippen molar-refractivity contribution < 1.29 is 29.3 Å². The number of aliphatic hydroxyl groups is 1. The first-order valence-corrected chi connectivity index (χ1v) is 12.5. The number of halogens is 1. The molecule has 1 fully saturated rings. The van der Waals surface area contributed by atoms with E-state index < -0.39 is 23.9 Å². The van der Waals surface area contributed by atoms with Crippen LogP contribution in [0.15, 0.2) is 42.6 Å². The number of nitrogens with zero attached hydrogens (tertiary/aromatic N) is 2. The second-order valence-corrected chi connectivity index (χ2v) is 9.76. The molecule has 2 aliphatic heterocycles. The summed E-state index contributed by atoms with van der Waals surface area (Å²) in [6.45, 7) is 3.07. The van der Waals surface area contributed by atoms with E-state index in [1.807, 2.05) is 18.2 Å². The number of aliphatic hydroxyl groups excluding tert-OH is 1. The number of aromatic hydroxyl groups is 1. The lowest BCUT2D eigenvalue weighted by Gasteiger charge is -2.34. The summed E-state index contributed by atoms with van der Waals surface area (Å²) in [5.41, 5.74) is 2.98. The molecule has 12 heteroatoms. The highest BCUT2D eigenvalue weighted by Crippen LogP contribution is 2.36. The summed E-state index contributed by atoms with van der Waals surface area (Å²) < 4.78 is 14.5. The summed E-state index contributed by atoms with van der Waals surface area (Å²) in [6, 6.07) is 9.57. The number of hydrogen-bond acceptors (Lipinski definition) is 8. The van der Waals surface area contributed by atoms with Crippen LogP contribution in [0, 0.1) is 18.7 Å². The Kier molecular flexibility index (Phi) is 7.22. The number of fused-ring (bicyclic) bond motifs is 2. The summed E-state index contributed by atoms with van der Waals surface area (Å²) in [6.07, 6.45) is 0.303. The number of phenolic OH excluding ortho intramolecular Hbond substituents is 1. The Hall–Kier alpha value is -4.42. The molecule has 1 saturated heterocycles. The quantitative estimate of drug-likeness (QED) is 0.249. The number of rotatable bonds is 6. The molecule has 0 unspecified atom stereocenters. The highest BCUT2D eigenvalue weighted by Gasteiger charge is 2.30. The first-order valence-electron chi connectivity index (χ1n) is 12.5. The Morgan fingerprint density at radius 2 is 2.00 bits per heavy atom. The van der Waals surface area contributed by atoms with Gasteiger partial charge in [0.1, 0.15) is 22.9 Å². The van der Waals surface area contributed by atoms with Gasteiger partial charge >= 0.3 is 6.09 Å². The Bertz CT molecular complexity index is 1430. The Morgan fingerprint density at radius 3 is 2.77 bits per heavy atom. The van der Waals surface area contributed by atoms with Gasteiger partial charge in [-0.2, -0.15) is 0 Å². The van der Waals surface area contributed by atoms with Crippen molar-refractivity contribution in [3.63, 3.8) is 0 Å². The van der Waals surface area contributed by atoms with Gasteiger partial charge in [0, 0.05) is 37.8 Å². The summed E-state index contributed by atoms with van der Waals surface area (Å²) in [4.78, 5) is 29.9. The maximum Gasteiger partial charge on any atom is 0.407 e. The van der Waals surface area contributed by atoms with Crippen molar-refractivity contribution in [1.29, 1.82) is 0 Å². The maximum absolute atomic E-state index is 14.5. The molecule has 204 valence electrons. The van der Waals surface area contributed by atoms with Crippen molar-refractivity contribution in [3.8, 4) is 5.75 Å². The number of aryl methyl sites for hydroxylation is 1. The highest BCUT2D eigenvalue weighted by atomic mass is 19.1. The van der Waals surface area contributed by atoms with Gasteiger partial charge in [0.05, 0.1) is 35.4 Å². The van der Waals surface area contributed by atoms with Crippen molar-refractivity contribution in [3.05, 3.63) is 65.1 Å². The van der Waals surface area contributed by atoms with E-state index in [9.17, 15) is 24.2 Å². The number of amides is 2. The molecule has 2 aliphatic rings. The van der Waals surface area contributed by atoms with Crippen LogP contribution < -0.4 is 21.3 Å². The van der Waals surface area contributed by atoms with Crippen molar-refractivity contribution in [1.82, 2.24) is 15.2 Å². The third-order valence-electron chi connectivity index (χ3n) is 7.05. The fourth-order valence-corrected chi connectivity index (χ4v) is 4.81. The number of likely N-dealkylation sites (tertiary alicyclic amines) is 1. The largest absolute Gasteiger partial charge is 0.508 e. The number of nitrogens with one attached hydrogen (secondary N) is 4. The van der Waals surface area contributed by atoms with Gasteiger partial charge < -0.3 is 41.5 Å². The Balaban J connectivity index is 1.28. The first kappa shape index (κ1) is 26.2. The zero-order valence-corrected chi connectivity index (χ0v) is 21.2. The molecule has 0 spiro atoms. The number of benzene rings is 2. The molecule has 0 aliphatic carbocycles. The van der Waals surface area contributed by atoms with E-state index in [1.165, 1.54) is 23.2 Å². The molecular formula is C27H29FN6O5. The van der Waals surface area contributed by atoms with Gasteiger partial charge in [0.25, 0.3) is 5.91 Å². The average Bonchev–Trinajstić information content (AvgIpc) is 3.03. The molecule has 5 rings (SSSR count). The van der Waals surface area contributed by atoms with Gasteiger partial charge in [-0.05, 0) is 48.7 Å². The fourth-order valence-electron chi connectivity index (χ4n) is 4.81. The summed E-state index contributed by atoms with van der Waals surface area (Å²) in [7, 11) is 0. The lowest BCUT2D eigenvalue weighted by Crippen LogP contribution is -2.48. The van der Waals surface area contributed by atoms with E-state index in [1.54, 1.807) is 13.0 Å². The molecule has 39 heavy (non-hydrogen) atoms. The third kappa shape index (κ3) is 5.56. The van der Waals surface area contributed by atoms with Gasteiger partial charge in [-0.1, -0.05) is 6.07 Å². The zero-order valence-electron chi connectivity index (χ0n) is 21.2. The number of aromatic nitrogens is 1. The number of piperidine rings is 1. The van der Waals surface area contributed by atoms with E-state index >= 15 is 0 Å². The highest BCUT2D eigenvalue weighted by molar-refractivity contribution is 6.15. The van der Waals surface area contributed by atoms with Crippen LogP contribution in [0.3, 0.4) is 0 Å². The first-order chi connectivity index (χ1) is 18.7. The minimum absolute atomic E-state index is 0.0215. The van der Waals surface area contributed by atoms with Crippen LogP contribution >= 0.6 is 0 Å². The molecule has 7 N–H and O–H groups in total. The minimum atomic E-state index is -1.03. The van der Waals surface area contributed by atoms with Crippen molar-refractivity contribution >= 4 is 40.6 Å². The normalized spacial score (nSPS) is 18.3. The topological polar surface area (TPSA) is 159 Å². The maximum atomic E-state index is 14.5. The molecule has 1 aromatic heterocycles.